The normalized spacial score (nSPS) is 16.3. The number of carboxylic acids is 1. The van der Waals surface area contributed by atoms with E-state index >= 15 is 0 Å². The van der Waals surface area contributed by atoms with Crippen molar-refractivity contribution in [3.63, 3.8) is 0 Å². The second kappa shape index (κ2) is 11.2. The van der Waals surface area contributed by atoms with Crippen molar-refractivity contribution in [2.45, 2.75) is 39.2 Å². The van der Waals surface area contributed by atoms with E-state index in [0.717, 1.165) is 38.3 Å². The molecule has 1 aliphatic rings. The van der Waals surface area contributed by atoms with E-state index in [-0.39, 0.29) is 6.03 Å². The number of fused-ring (bicyclic) bond motifs is 1. The van der Waals surface area contributed by atoms with Crippen molar-refractivity contribution in [1.82, 2.24) is 34.7 Å². The first kappa shape index (κ1) is 26.2. The van der Waals surface area contributed by atoms with Gasteiger partial charge in [-0.05, 0) is 31.4 Å². The number of nitrogens with one attached hydrogen (secondary N) is 1. The van der Waals surface area contributed by atoms with Gasteiger partial charge in [-0.25, -0.2) is 9.59 Å². The summed E-state index contributed by atoms with van der Waals surface area (Å²) in [6.45, 7) is 6.31. The molecule has 33 heavy (non-hydrogen) atoms. The number of aliphatic carboxylic acids is 1. The highest BCUT2D eigenvalue weighted by Gasteiger charge is 2.38. The average Bonchev–Trinajstić information content (AvgIpc) is 3.21. The third-order valence-electron chi connectivity index (χ3n) is 5.10. The lowest BCUT2D eigenvalue weighted by molar-refractivity contribution is -0.192. The minimum Gasteiger partial charge on any atom is -0.475 e. The van der Waals surface area contributed by atoms with Gasteiger partial charge in [0.2, 0.25) is 0 Å². The van der Waals surface area contributed by atoms with Gasteiger partial charge in [0, 0.05) is 60.1 Å². The molecule has 0 aliphatic carbocycles. The predicted molar refractivity (Wildman–Crippen MR) is 113 cm³/mol. The zero-order valence-corrected chi connectivity index (χ0v) is 19.1. The second-order valence-electron chi connectivity index (χ2n) is 8.16. The van der Waals surface area contributed by atoms with Gasteiger partial charge in [-0.1, -0.05) is 0 Å². The Hall–Kier alpha value is -3.09. The van der Waals surface area contributed by atoms with Crippen LogP contribution in [0.5, 0.6) is 0 Å². The minimum absolute atomic E-state index is 0.0411. The molecule has 0 radical (unpaired) electrons. The van der Waals surface area contributed by atoms with E-state index in [0.29, 0.717) is 12.5 Å². The van der Waals surface area contributed by atoms with E-state index in [1.807, 2.05) is 24.9 Å². The summed E-state index contributed by atoms with van der Waals surface area (Å²) in [6.07, 6.45) is -2.28. The van der Waals surface area contributed by atoms with Crippen molar-refractivity contribution >= 4 is 12.0 Å². The van der Waals surface area contributed by atoms with Crippen LogP contribution in [0.1, 0.15) is 23.5 Å². The Morgan fingerprint density at radius 2 is 1.97 bits per heavy atom. The number of rotatable bonds is 5. The molecule has 2 aromatic heterocycles. The Kier molecular flexibility index (Phi) is 8.85. The molecule has 3 heterocycles. The summed E-state index contributed by atoms with van der Waals surface area (Å²) in [4.78, 5) is 24.6. The monoisotopic (exact) mass is 473 g/mol. The number of alkyl halides is 3. The Labute approximate surface area is 189 Å². The lowest BCUT2D eigenvalue weighted by Crippen LogP contribution is -2.37. The number of carboxylic acid groups (broad SMARTS) is 1. The predicted octanol–water partition coefficient (Wildman–Crippen LogP) is 1.85. The van der Waals surface area contributed by atoms with Crippen molar-refractivity contribution in [3.8, 4) is 0 Å². The SMILES string of the molecule is Cc1cc(CN2Cc3ccnn3CC(CCNC(=O)N(C)C)C2)n(C)n1.O=C(O)C(F)(F)F. The van der Waals surface area contributed by atoms with Crippen molar-refractivity contribution in [2.75, 3.05) is 27.2 Å². The fourth-order valence-electron chi connectivity index (χ4n) is 3.51. The van der Waals surface area contributed by atoms with Crippen LogP contribution in [0.15, 0.2) is 18.3 Å². The summed E-state index contributed by atoms with van der Waals surface area (Å²) in [5, 5.41) is 19.0. The molecule has 0 spiro atoms. The molecular formula is C20H30F3N7O3. The van der Waals surface area contributed by atoms with E-state index in [1.165, 1.54) is 11.4 Å². The van der Waals surface area contributed by atoms with E-state index < -0.39 is 12.1 Å². The van der Waals surface area contributed by atoms with Gasteiger partial charge in [-0.3, -0.25) is 14.3 Å². The number of hydrogen-bond acceptors (Lipinski definition) is 5. The number of aromatic nitrogens is 4. The molecule has 10 nitrogen and oxygen atoms in total. The number of amides is 2. The third-order valence-corrected chi connectivity index (χ3v) is 5.10. The van der Waals surface area contributed by atoms with Crippen LogP contribution >= 0.6 is 0 Å². The van der Waals surface area contributed by atoms with Gasteiger partial charge in [0.05, 0.1) is 17.1 Å². The first-order valence-electron chi connectivity index (χ1n) is 10.3. The van der Waals surface area contributed by atoms with Crippen LogP contribution in [0.2, 0.25) is 0 Å². The highest BCUT2D eigenvalue weighted by molar-refractivity contribution is 5.73. The van der Waals surface area contributed by atoms with Gasteiger partial charge < -0.3 is 15.3 Å². The molecule has 0 saturated carbocycles. The Morgan fingerprint density at radius 3 is 2.52 bits per heavy atom. The van der Waals surface area contributed by atoms with Crippen molar-refractivity contribution < 1.29 is 27.9 Å². The molecular weight excluding hydrogens is 443 g/mol. The van der Waals surface area contributed by atoms with Crippen LogP contribution in [0.4, 0.5) is 18.0 Å². The molecule has 0 bridgehead atoms. The number of nitrogens with zero attached hydrogens (tertiary/aromatic N) is 6. The second-order valence-corrected chi connectivity index (χ2v) is 8.16. The molecule has 184 valence electrons. The van der Waals surface area contributed by atoms with Crippen molar-refractivity contribution in [1.29, 1.82) is 0 Å². The molecule has 1 unspecified atom stereocenters. The molecule has 3 rings (SSSR count). The summed E-state index contributed by atoms with van der Waals surface area (Å²) in [6, 6.07) is 4.20. The molecule has 1 atom stereocenters. The maximum atomic E-state index is 11.7. The minimum atomic E-state index is -5.08. The van der Waals surface area contributed by atoms with Crippen LogP contribution in [-0.4, -0.2) is 79.8 Å². The molecule has 0 saturated heterocycles. The maximum absolute atomic E-state index is 11.7. The summed E-state index contributed by atoms with van der Waals surface area (Å²) in [5.74, 6) is -2.32. The summed E-state index contributed by atoms with van der Waals surface area (Å²) >= 11 is 0. The Balaban J connectivity index is 0.000000479. The third kappa shape index (κ3) is 8.08. The number of halogens is 3. The summed E-state index contributed by atoms with van der Waals surface area (Å²) in [7, 11) is 5.52. The lowest BCUT2D eigenvalue weighted by Gasteiger charge is -2.24. The lowest BCUT2D eigenvalue weighted by atomic mass is 10.1. The fraction of sp³-hybridized carbons (Fsp3) is 0.600. The van der Waals surface area contributed by atoms with Gasteiger partial charge in [-0.15, -0.1) is 0 Å². The van der Waals surface area contributed by atoms with Gasteiger partial charge in [0.25, 0.3) is 0 Å². The number of carbonyl (C=O) groups excluding carboxylic acids is 1. The molecule has 13 heteroatoms. The van der Waals surface area contributed by atoms with Gasteiger partial charge in [0.15, 0.2) is 0 Å². The zero-order valence-electron chi connectivity index (χ0n) is 19.1. The first-order chi connectivity index (χ1) is 15.4. The molecule has 2 amide bonds. The van der Waals surface area contributed by atoms with Crippen molar-refractivity contribution in [2.24, 2.45) is 13.0 Å². The maximum Gasteiger partial charge on any atom is 0.490 e. The quantitative estimate of drug-likeness (QED) is 0.686. The number of urea groups is 1. The zero-order chi connectivity index (χ0) is 24.8. The Bertz CT molecular complexity index is 940. The molecule has 0 aromatic carbocycles. The molecule has 0 fully saturated rings. The van der Waals surface area contributed by atoms with Crippen LogP contribution in [0.3, 0.4) is 0 Å². The first-order valence-corrected chi connectivity index (χ1v) is 10.3. The van der Waals surface area contributed by atoms with Gasteiger partial charge in [-0.2, -0.15) is 23.4 Å². The highest BCUT2D eigenvalue weighted by atomic mass is 19.4. The standard InChI is InChI=1S/C18H29N7O.C2HF3O2/c1-14-9-17(23(4)21-14)13-24-10-15(5-7-19-18(26)22(2)3)11-25-16(12-24)6-8-20-25;3-2(4,5)1(6)7/h6,8-9,15H,5,7,10-13H2,1-4H3,(H,19,26);(H,6,7). The molecule has 2 N–H and O–H groups in total. The molecule has 2 aromatic rings. The topological polar surface area (TPSA) is 109 Å². The summed E-state index contributed by atoms with van der Waals surface area (Å²) < 4.78 is 35.8. The van der Waals surface area contributed by atoms with E-state index in [9.17, 15) is 18.0 Å². The van der Waals surface area contributed by atoms with Gasteiger partial charge in [0.1, 0.15) is 0 Å². The van der Waals surface area contributed by atoms with E-state index in [4.69, 9.17) is 9.90 Å². The number of hydrogen-bond donors (Lipinski definition) is 2. The number of carbonyl (C=O) groups is 2. The van der Waals surface area contributed by atoms with Gasteiger partial charge >= 0.3 is 18.2 Å². The highest BCUT2D eigenvalue weighted by Crippen LogP contribution is 2.20. The molecule has 1 aliphatic heterocycles. The summed E-state index contributed by atoms with van der Waals surface area (Å²) in [5.41, 5.74) is 3.50. The smallest absolute Gasteiger partial charge is 0.475 e. The fourth-order valence-corrected chi connectivity index (χ4v) is 3.51. The van der Waals surface area contributed by atoms with E-state index in [2.05, 4.69) is 37.2 Å². The van der Waals surface area contributed by atoms with E-state index in [1.54, 1.807) is 19.0 Å². The van der Waals surface area contributed by atoms with Crippen molar-refractivity contribution in [3.05, 3.63) is 35.4 Å². The van der Waals surface area contributed by atoms with Crippen LogP contribution in [0.25, 0.3) is 0 Å². The number of aryl methyl sites for hydroxylation is 2. The van der Waals surface area contributed by atoms with Crippen LogP contribution < -0.4 is 5.32 Å². The van der Waals surface area contributed by atoms with Crippen LogP contribution in [0, 0.1) is 12.8 Å². The Morgan fingerprint density at radius 1 is 1.30 bits per heavy atom. The average molecular weight is 474 g/mol. The largest absolute Gasteiger partial charge is 0.490 e. The van der Waals surface area contributed by atoms with Crippen LogP contribution in [-0.2, 0) is 31.5 Å².